The van der Waals surface area contributed by atoms with Gasteiger partial charge in [-0.05, 0) is 19.4 Å². The van der Waals surface area contributed by atoms with E-state index in [-0.39, 0.29) is 5.97 Å². The van der Waals surface area contributed by atoms with Crippen molar-refractivity contribution >= 4 is 71.9 Å². The van der Waals surface area contributed by atoms with Crippen LogP contribution >= 0.6 is 65.4 Å². The summed E-state index contributed by atoms with van der Waals surface area (Å²) >= 11 is 7.72. The topological polar surface area (TPSA) is 26.3 Å². The van der Waals surface area contributed by atoms with E-state index in [1.807, 2.05) is 0 Å². The van der Waals surface area contributed by atoms with Gasteiger partial charge in [0.05, 0.1) is 6.61 Å². The minimum atomic E-state index is -0.969. The SMILES string of the molecule is C=C(C)C(=O)OCCCCC[Si](I)(I)I. The first kappa shape index (κ1) is 16.6. The number of rotatable bonds is 7. The highest BCUT2D eigenvalue weighted by Crippen LogP contribution is 2.35. The number of carbonyl (C=O) groups is 1. The summed E-state index contributed by atoms with van der Waals surface area (Å²) in [4.78, 5) is 11.0. The molecule has 0 aromatic carbocycles. The molecule has 0 N–H and O–H groups in total. The standard InChI is InChI=1S/C9H15I3O2Si/c1-8(2)9(13)14-6-4-3-5-7-15(10,11)12/h1,3-7H2,2H3. The molecule has 0 rings (SSSR count). The predicted octanol–water partition coefficient (Wildman–Crippen LogP) is 4.52. The quantitative estimate of drug-likeness (QED) is 0.114. The Morgan fingerprint density at radius 1 is 1.27 bits per heavy atom. The van der Waals surface area contributed by atoms with Crippen molar-refractivity contribution in [2.24, 2.45) is 0 Å². The molecule has 0 bridgehead atoms. The van der Waals surface area contributed by atoms with Crippen molar-refractivity contribution in [3.8, 4) is 0 Å². The minimum Gasteiger partial charge on any atom is -0.462 e. The van der Waals surface area contributed by atoms with Gasteiger partial charge < -0.3 is 4.74 Å². The first-order valence-electron chi connectivity index (χ1n) is 4.72. The Labute approximate surface area is 131 Å². The Morgan fingerprint density at radius 3 is 2.33 bits per heavy atom. The Hall–Kier alpha value is 1.62. The van der Waals surface area contributed by atoms with Crippen molar-refractivity contribution < 1.29 is 9.53 Å². The summed E-state index contributed by atoms with van der Waals surface area (Å²) < 4.78 is 4.03. The van der Waals surface area contributed by atoms with E-state index in [4.69, 9.17) is 4.74 Å². The van der Waals surface area contributed by atoms with Crippen molar-refractivity contribution in [3.63, 3.8) is 0 Å². The first-order chi connectivity index (χ1) is 6.83. The number of carbonyl (C=O) groups excluding carboxylic acids is 1. The third-order valence-electron chi connectivity index (χ3n) is 1.69. The van der Waals surface area contributed by atoms with E-state index >= 15 is 0 Å². The van der Waals surface area contributed by atoms with E-state index in [1.165, 1.54) is 12.5 Å². The number of esters is 1. The first-order valence-corrected chi connectivity index (χ1v) is 16.3. The zero-order valence-electron chi connectivity index (χ0n) is 8.69. The van der Waals surface area contributed by atoms with Crippen LogP contribution in [0, 0.1) is 0 Å². The summed E-state index contributed by atoms with van der Waals surface area (Å²) in [5.74, 6) is -0.268. The molecular weight excluding hydrogens is 549 g/mol. The van der Waals surface area contributed by atoms with Gasteiger partial charge in [-0.3, -0.25) is 0 Å². The molecule has 15 heavy (non-hydrogen) atoms. The summed E-state index contributed by atoms with van der Waals surface area (Å²) in [5.41, 5.74) is 0.480. The van der Waals surface area contributed by atoms with Gasteiger partial charge in [-0.25, -0.2) is 4.79 Å². The van der Waals surface area contributed by atoms with Crippen LogP contribution < -0.4 is 0 Å². The molecule has 0 spiro atoms. The Morgan fingerprint density at radius 2 is 1.87 bits per heavy atom. The molecule has 0 saturated heterocycles. The zero-order chi connectivity index (χ0) is 11.9. The second-order valence-corrected chi connectivity index (χ2v) is 40.2. The highest BCUT2D eigenvalue weighted by molar-refractivity contribution is 14.4. The fraction of sp³-hybridized carbons (Fsp3) is 0.667. The monoisotopic (exact) mass is 564 g/mol. The second kappa shape index (κ2) is 8.67. The molecule has 0 amide bonds. The highest BCUT2D eigenvalue weighted by Gasteiger charge is 2.20. The third-order valence-corrected chi connectivity index (χ3v) is 7.46. The largest absolute Gasteiger partial charge is 0.462 e. The summed E-state index contributed by atoms with van der Waals surface area (Å²) in [6.07, 6.45) is 3.35. The van der Waals surface area contributed by atoms with Gasteiger partial charge >= 0.3 is 5.97 Å². The van der Waals surface area contributed by atoms with Gasteiger partial charge in [-0.15, -0.1) is 0 Å². The summed E-state index contributed by atoms with van der Waals surface area (Å²) in [5, 5.41) is 0. The molecule has 0 aromatic rings. The molecule has 0 heterocycles. The second-order valence-electron chi connectivity index (χ2n) is 3.34. The molecule has 88 valence electrons. The fourth-order valence-electron chi connectivity index (χ4n) is 0.892. The summed E-state index contributed by atoms with van der Waals surface area (Å²) in [6.45, 7) is 5.73. The molecule has 0 aliphatic carbocycles. The molecule has 0 unspecified atom stereocenters. The fourth-order valence-corrected chi connectivity index (χ4v) is 4.98. The Bertz CT molecular complexity index is 226. The lowest BCUT2D eigenvalue weighted by molar-refractivity contribution is -0.139. The van der Waals surface area contributed by atoms with Crippen LogP contribution in [0.5, 0.6) is 0 Å². The number of hydrogen-bond acceptors (Lipinski definition) is 2. The molecule has 0 radical (unpaired) electrons. The van der Waals surface area contributed by atoms with Crippen molar-refractivity contribution in [1.82, 2.24) is 0 Å². The van der Waals surface area contributed by atoms with Gasteiger partial charge in [0.25, 0.3) is 0.564 Å². The molecule has 0 aliphatic heterocycles. The van der Waals surface area contributed by atoms with Gasteiger partial charge in [-0.2, -0.15) is 0 Å². The van der Waals surface area contributed by atoms with Gasteiger partial charge in [0.15, 0.2) is 0 Å². The Kier molecular flexibility index (Phi) is 9.61. The number of halogens is 3. The molecule has 0 saturated carbocycles. The maximum absolute atomic E-state index is 11.0. The van der Waals surface area contributed by atoms with Gasteiger partial charge in [0.1, 0.15) is 0 Å². The van der Waals surface area contributed by atoms with E-state index in [0.717, 1.165) is 12.8 Å². The van der Waals surface area contributed by atoms with Crippen LogP contribution in [0.15, 0.2) is 12.2 Å². The average molecular weight is 564 g/mol. The van der Waals surface area contributed by atoms with Crippen LogP contribution in [-0.4, -0.2) is 13.1 Å². The van der Waals surface area contributed by atoms with Crippen LogP contribution in [0.1, 0.15) is 26.2 Å². The van der Waals surface area contributed by atoms with Crippen LogP contribution in [0.3, 0.4) is 0 Å². The lowest BCUT2D eigenvalue weighted by Gasteiger charge is -2.08. The van der Waals surface area contributed by atoms with Crippen molar-refractivity contribution in [1.29, 1.82) is 0 Å². The van der Waals surface area contributed by atoms with E-state index in [1.54, 1.807) is 6.92 Å². The lowest BCUT2D eigenvalue weighted by atomic mass is 10.3. The number of unbranched alkanes of at least 4 members (excludes halogenated alkanes) is 2. The minimum absolute atomic E-state index is 0.268. The van der Waals surface area contributed by atoms with Crippen LogP contribution in [0.4, 0.5) is 0 Å². The zero-order valence-corrected chi connectivity index (χ0v) is 16.2. The maximum Gasteiger partial charge on any atom is 0.333 e. The molecular formula is C9H15I3O2Si. The van der Waals surface area contributed by atoms with Gasteiger partial charge in [-0.1, -0.05) is 84.8 Å². The van der Waals surface area contributed by atoms with E-state index in [0.29, 0.717) is 12.2 Å². The molecule has 0 fully saturated rings. The van der Waals surface area contributed by atoms with E-state index < -0.39 is 0.564 Å². The predicted molar refractivity (Wildman–Crippen MR) is 92.2 cm³/mol. The molecule has 0 aliphatic rings. The van der Waals surface area contributed by atoms with E-state index in [9.17, 15) is 4.79 Å². The molecule has 0 atom stereocenters. The van der Waals surface area contributed by atoms with Crippen molar-refractivity contribution in [2.75, 3.05) is 6.61 Å². The third kappa shape index (κ3) is 11.9. The molecule has 2 nitrogen and oxygen atoms in total. The van der Waals surface area contributed by atoms with E-state index in [2.05, 4.69) is 72.0 Å². The number of hydrogen-bond donors (Lipinski definition) is 0. The normalized spacial score (nSPS) is 11.2. The molecule has 6 heteroatoms. The average Bonchev–Trinajstić information content (AvgIpc) is 2.08. The summed E-state index contributed by atoms with van der Waals surface area (Å²) in [7, 11) is 0. The van der Waals surface area contributed by atoms with Crippen molar-refractivity contribution in [3.05, 3.63) is 12.2 Å². The smallest absolute Gasteiger partial charge is 0.333 e. The summed E-state index contributed by atoms with van der Waals surface area (Å²) in [6, 6.07) is 1.32. The van der Waals surface area contributed by atoms with Gasteiger partial charge in [0.2, 0.25) is 0 Å². The Balaban J connectivity index is 3.33. The lowest BCUT2D eigenvalue weighted by Crippen LogP contribution is -2.07. The van der Waals surface area contributed by atoms with Gasteiger partial charge in [0, 0.05) is 5.57 Å². The molecule has 0 aromatic heterocycles. The van der Waals surface area contributed by atoms with Crippen LogP contribution in [-0.2, 0) is 9.53 Å². The number of ether oxygens (including phenoxy) is 1. The van der Waals surface area contributed by atoms with Crippen LogP contribution in [0.25, 0.3) is 0 Å². The van der Waals surface area contributed by atoms with Crippen LogP contribution in [0.2, 0.25) is 6.04 Å². The highest BCUT2D eigenvalue weighted by atomic mass is 127. The van der Waals surface area contributed by atoms with Crippen molar-refractivity contribution in [2.45, 2.75) is 32.2 Å². The maximum atomic E-state index is 11.0.